The molecule has 23 heavy (non-hydrogen) atoms. The fourth-order valence-corrected chi connectivity index (χ4v) is 4.00. The number of hydrogen-bond donors (Lipinski definition) is 3. The summed E-state index contributed by atoms with van der Waals surface area (Å²) in [7, 11) is 3.39. The number of hydrogen-bond acceptors (Lipinski definition) is 4. The smallest absolute Gasteiger partial charge is 0.191 e. The predicted molar refractivity (Wildman–Crippen MR) is 97.6 cm³/mol. The molecule has 1 aromatic carbocycles. The van der Waals surface area contributed by atoms with Gasteiger partial charge in [0.25, 0.3) is 0 Å². The number of ether oxygens (including phenoxy) is 1. The molecular formula is C17H27N3O2S. The second kappa shape index (κ2) is 8.91. The largest absolute Gasteiger partial charge is 0.508 e. The molecule has 6 heteroatoms. The Morgan fingerprint density at radius 3 is 2.96 bits per heavy atom. The molecule has 1 fully saturated rings. The monoisotopic (exact) mass is 337 g/mol. The number of guanidine groups is 1. The van der Waals surface area contributed by atoms with Crippen molar-refractivity contribution in [2.45, 2.75) is 44.0 Å². The zero-order chi connectivity index (χ0) is 16.7. The lowest BCUT2D eigenvalue weighted by molar-refractivity contribution is 0.410. The lowest BCUT2D eigenvalue weighted by atomic mass is 10.2. The molecule has 0 aromatic heterocycles. The van der Waals surface area contributed by atoms with Crippen LogP contribution in [0.4, 0.5) is 0 Å². The van der Waals surface area contributed by atoms with Gasteiger partial charge in [0.05, 0.1) is 7.11 Å². The average molecular weight is 337 g/mol. The van der Waals surface area contributed by atoms with Gasteiger partial charge in [-0.15, -0.1) is 0 Å². The van der Waals surface area contributed by atoms with E-state index in [9.17, 15) is 5.11 Å². The molecule has 128 valence electrons. The van der Waals surface area contributed by atoms with Crippen LogP contribution in [0, 0.1) is 0 Å². The van der Waals surface area contributed by atoms with Crippen molar-refractivity contribution in [2.24, 2.45) is 4.99 Å². The van der Waals surface area contributed by atoms with Crippen molar-refractivity contribution in [2.75, 3.05) is 19.9 Å². The lowest BCUT2D eigenvalue weighted by Crippen LogP contribution is -2.42. The van der Waals surface area contributed by atoms with Crippen LogP contribution in [0.2, 0.25) is 0 Å². The molecule has 0 spiro atoms. The van der Waals surface area contributed by atoms with E-state index in [-0.39, 0.29) is 5.75 Å². The summed E-state index contributed by atoms with van der Waals surface area (Å²) in [6.07, 6.45) is 3.64. The van der Waals surface area contributed by atoms with Crippen molar-refractivity contribution in [1.29, 1.82) is 0 Å². The molecule has 2 rings (SSSR count). The van der Waals surface area contributed by atoms with E-state index in [1.165, 1.54) is 25.0 Å². The summed E-state index contributed by atoms with van der Waals surface area (Å²) >= 11 is 2.05. The van der Waals surface area contributed by atoms with Gasteiger partial charge < -0.3 is 20.5 Å². The molecule has 0 bridgehead atoms. The second-order valence-corrected chi connectivity index (χ2v) is 7.23. The second-order valence-electron chi connectivity index (χ2n) is 5.65. The van der Waals surface area contributed by atoms with Crippen LogP contribution in [-0.2, 0) is 6.54 Å². The third-order valence-corrected chi connectivity index (χ3v) is 5.32. The number of thioether (sulfide) groups is 1. The van der Waals surface area contributed by atoms with Crippen molar-refractivity contribution in [3.05, 3.63) is 23.8 Å². The SMILES string of the molecule is CCSC1CCC(NC(=NC)NCc2cc(OC)ccc2O)C1. The lowest BCUT2D eigenvalue weighted by Gasteiger charge is -2.18. The van der Waals surface area contributed by atoms with Crippen LogP contribution < -0.4 is 15.4 Å². The van der Waals surface area contributed by atoms with Crippen LogP contribution in [0.15, 0.2) is 23.2 Å². The number of phenolic OH excluding ortho intramolecular Hbond substituents is 1. The molecule has 1 aliphatic rings. The van der Waals surface area contributed by atoms with Crippen LogP contribution in [0.5, 0.6) is 11.5 Å². The number of rotatable bonds is 6. The molecule has 3 N–H and O–H groups in total. The van der Waals surface area contributed by atoms with Gasteiger partial charge in [-0.25, -0.2) is 0 Å². The summed E-state index contributed by atoms with van der Waals surface area (Å²) in [5.74, 6) is 2.95. The molecule has 0 amide bonds. The van der Waals surface area contributed by atoms with Crippen LogP contribution in [0.25, 0.3) is 0 Å². The molecular weight excluding hydrogens is 310 g/mol. The van der Waals surface area contributed by atoms with Gasteiger partial charge in [0, 0.05) is 30.4 Å². The summed E-state index contributed by atoms with van der Waals surface area (Å²) in [4.78, 5) is 4.28. The standard InChI is InChI=1S/C17H27N3O2S/c1-4-23-15-7-5-13(10-15)20-17(18-2)19-11-12-9-14(22-3)6-8-16(12)21/h6,8-9,13,15,21H,4-5,7,10-11H2,1-3H3,(H2,18,19,20). The minimum atomic E-state index is 0.258. The van der Waals surface area contributed by atoms with Gasteiger partial charge >= 0.3 is 0 Å². The van der Waals surface area contributed by atoms with E-state index < -0.39 is 0 Å². The number of aromatic hydroxyl groups is 1. The topological polar surface area (TPSA) is 65.9 Å². The highest BCUT2D eigenvalue weighted by Gasteiger charge is 2.25. The Labute approximate surface area is 142 Å². The van der Waals surface area contributed by atoms with Crippen molar-refractivity contribution in [3.63, 3.8) is 0 Å². The van der Waals surface area contributed by atoms with Gasteiger partial charge in [-0.05, 0) is 43.2 Å². The van der Waals surface area contributed by atoms with E-state index in [1.807, 2.05) is 17.8 Å². The van der Waals surface area contributed by atoms with Gasteiger partial charge in [0.1, 0.15) is 11.5 Å². The molecule has 5 nitrogen and oxygen atoms in total. The summed E-state index contributed by atoms with van der Waals surface area (Å²) < 4.78 is 5.20. The number of nitrogens with zero attached hydrogens (tertiary/aromatic N) is 1. The number of nitrogens with one attached hydrogen (secondary N) is 2. The molecule has 0 heterocycles. The molecule has 0 aliphatic heterocycles. The summed E-state index contributed by atoms with van der Waals surface area (Å²) in [5, 5.41) is 17.5. The van der Waals surface area contributed by atoms with Crippen molar-refractivity contribution in [1.82, 2.24) is 10.6 Å². The molecule has 0 saturated heterocycles. The highest BCUT2D eigenvalue weighted by molar-refractivity contribution is 7.99. The first-order chi connectivity index (χ1) is 11.2. The number of phenols is 1. The van der Waals surface area contributed by atoms with Crippen LogP contribution >= 0.6 is 11.8 Å². The summed E-state index contributed by atoms with van der Waals surface area (Å²) in [6.45, 7) is 2.72. The van der Waals surface area contributed by atoms with Crippen LogP contribution in [-0.4, -0.2) is 42.3 Å². The first-order valence-electron chi connectivity index (χ1n) is 8.11. The molecule has 2 atom stereocenters. The van der Waals surface area contributed by atoms with Crippen molar-refractivity contribution in [3.8, 4) is 11.5 Å². The zero-order valence-electron chi connectivity index (χ0n) is 14.1. The van der Waals surface area contributed by atoms with Crippen molar-refractivity contribution < 1.29 is 9.84 Å². The third kappa shape index (κ3) is 5.23. The maximum Gasteiger partial charge on any atom is 0.191 e. The van der Waals surface area contributed by atoms with Gasteiger partial charge in [0.15, 0.2) is 5.96 Å². The minimum absolute atomic E-state index is 0.258. The Balaban J connectivity index is 1.86. The number of benzene rings is 1. The number of aliphatic imine (C=N–C) groups is 1. The van der Waals surface area contributed by atoms with Gasteiger partial charge in [-0.2, -0.15) is 11.8 Å². The number of methoxy groups -OCH3 is 1. The highest BCUT2D eigenvalue weighted by Crippen LogP contribution is 2.29. The van der Waals surface area contributed by atoms with Gasteiger partial charge in [-0.3, -0.25) is 4.99 Å². The van der Waals surface area contributed by atoms with Gasteiger partial charge in [0.2, 0.25) is 0 Å². The van der Waals surface area contributed by atoms with E-state index in [0.29, 0.717) is 12.6 Å². The Bertz CT molecular complexity index is 537. The Kier molecular flexibility index (Phi) is 6.89. The van der Waals surface area contributed by atoms with E-state index in [0.717, 1.165) is 22.5 Å². The first kappa shape index (κ1) is 17.8. The molecule has 2 unspecified atom stereocenters. The van der Waals surface area contributed by atoms with Crippen molar-refractivity contribution >= 4 is 17.7 Å². The normalized spacial score (nSPS) is 21.3. The van der Waals surface area contributed by atoms with E-state index in [4.69, 9.17) is 4.74 Å². The van der Waals surface area contributed by atoms with E-state index >= 15 is 0 Å². The Hall–Kier alpha value is -1.56. The third-order valence-electron chi connectivity index (χ3n) is 4.08. The molecule has 1 aromatic rings. The maximum absolute atomic E-state index is 9.94. The fraction of sp³-hybridized carbons (Fsp3) is 0.588. The summed E-state index contributed by atoms with van der Waals surface area (Å²) in [6, 6.07) is 5.70. The minimum Gasteiger partial charge on any atom is -0.508 e. The van der Waals surface area contributed by atoms with Gasteiger partial charge in [-0.1, -0.05) is 6.92 Å². The quantitative estimate of drug-likeness (QED) is 0.550. The van der Waals surface area contributed by atoms with Crippen LogP contribution in [0.3, 0.4) is 0 Å². The fourth-order valence-electron chi connectivity index (χ4n) is 2.86. The maximum atomic E-state index is 9.94. The average Bonchev–Trinajstić information content (AvgIpc) is 3.00. The Morgan fingerprint density at radius 1 is 1.43 bits per heavy atom. The zero-order valence-corrected chi connectivity index (χ0v) is 14.9. The highest BCUT2D eigenvalue weighted by atomic mass is 32.2. The first-order valence-corrected chi connectivity index (χ1v) is 9.15. The Morgan fingerprint density at radius 2 is 2.26 bits per heavy atom. The molecule has 1 aliphatic carbocycles. The van der Waals surface area contributed by atoms with E-state index in [2.05, 4.69) is 22.5 Å². The molecule has 0 radical (unpaired) electrons. The molecule has 1 saturated carbocycles. The predicted octanol–water partition coefficient (Wildman–Crippen LogP) is 2.74. The van der Waals surface area contributed by atoms with Crippen LogP contribution in [0.1, 0.15) is 31.7 Å². The summed E-state index contributed by atoms with van der Waals surface area (Å²) in [5.41, 5.74) is 0.790. The van der Waals surface area contributed by atoms with E-state index in [1.54, 1.807) is 26.3 Å².